The normalized spacial score (nSPS) is 14.3. The van der Waals surface area contributed by atoms with Crippen molar-refractivity contribution in [2.75, 3.05) is 31.5 Å². The predicted molar refractivity (Wildman–Crippen MR) is 89.8 cm³/mol. The Kier molecular flexibility index (Phi) is 5.06. The third-order valence-corrected chi connectivity index (χ3v) is 4.11. The molecule has 1 fully saturated rings. The molecule has 26 heavy (non-hydrogen) atoms. The van der Waals surface area contributed by atoms with Crippen LogP contribution in [-0.2, 0) is 4.79 Å². The summed E-state index contributed by atoms with van der Waals surface area (Å²) < 4.78 is 27.3. The van der Waals surface area contributed by atoms with Gasteiger partial charge in [-0.25, -0.2) is 18.7 Å². The number of anilines is 2. The van der Waals surface area contributed by atoms with Gasteiger partial charge in [-0.2, -0.15) is 0 Å². The number of benzene rings is 1. The van der Waals surface area contributed by atoms with E-state index in [1.165, 1.54) is 25.4 Å². The SMILES string of the molecule is CC(=O)N1CCN(C(=O)c2cnc(Nc3c(F)cccc3F)nc2)CC1. The molecule has 9 heteroatoms. The third kappa shape index (κ3) is 3.76. The van der Waals surface area contributed by atoms with E-state index in [1.54, 1.807) is 9.80 Å². The smallest absolute Gasteiger partial charge is 0.257 e. The first-order valence-corrected chi connectivity index (χ1v) is 8.03. The fourth-order valence-electron chi connectivity index (χ4n) is 2.64. The zero-order valence-corrected chi connectivity index (χ0v) is 14.1. The van der Waals surface area contributed by atoms with Gasteiger partial charge in [0.05, 0.1) is 5.56 Å². The summed E-state index contributed by atoms with van der Waals surface area (Å²) in [6.45, 7) is 3.31. The largest absolute Gasteiger partial charge is 0.339 e. The number of carbonyl (C=O) groups is 2. The quantitative estimate of drug-likeness (QED) is 0.902. The van der Waals surface area contributed by atoms with Gasteiger partial charge in [-0.15, -0.1) is 0 Å². The fraction of sp³-hybridized carbons (Fsp3) is 0.294. The fourth-order valence-corrected chi connectivity index (χ4v) is 2.64. The molecule has 3 rings (SSSR count). The van der Waals surface area contributed by atoms with Crippen LogP contribution in [0.2, 0.25) is 0 Å². The highest BCUT2D eigenvalue weighted by Crippen LogP contribution is 2.21. The van der Waals surface area contributed by atoms with Crippen LogP contribution in [0.4, 0.5) is 20.4 Å². The maximum atomic E-state index is 13.6. The van der Waals surface area contributed by atoms with Crippen LogP contribution in [0.1, 0.15) is 17.3 Å². The van der Waals surface area contributed by atoms with Crippen molar-refractivity contribution in [3.63, 3.8) is 0 Å². The lowest BCUT2D eigenvalue weighted by Gasteiger charge is -2.34. The molecule has 7 nitrogen and oxygen atoms in total. The van der Waals surface area contributed by atoms with E-state index in [-0.39, 0.29) is 29.0 Å². The van der Waals surface area contributed by atoms with E-state index in [4.69, 9.17) is 0 Å². The molecule has 2 aromatic rings. The highest BCUT2D eigenvalue weighted by atomic mass is 19.1. The molecule has 0 bridgehead atoms. The van der Waals surface area contributed by atoms with Gasteiger partial charge in [0, 0.05) is 45.5 Å². The lowest BCUT2D eigenvalue weighted by molar-refractivity contribution is -0.130. The lowest BCUT2D eigenvalue weighted by atomic mass is 10.2. The van der Waals surface area contributed by atoms with E-state index in [1.807, 2.05) is 0 Å². The predicted octanol–water partition coefficient (Wildman–Crippen LogP) is 1.80. The average Bonchev–Trinajstić information content (AvgIpc) is 2.65. The van der Waals surface area contributed by atoms with Crippen molar-refractivity contribution >= 4 is 23.5 Å². The van der Waals surface area contributed by atoms with Gasteiger partial charge in [-0.3, -0.25) is 9.59 Å². The Morgan fingerprint density at radius 2 is 1.54 bits per heavy atom. The van der Waals surface area contributed by atoms with Crippen molar-refractivity contribution in [3.05, 3.63) is 47.8 Å². The molecule has 1 aliphatic rings. The molecular formula is C17H17F2N5O2. The van der Waals surface area contributed by atoms with Crippen LogP contribution in [0.3, 0.4) is 0 Å². The van der Waals surface area contributed by atoms with Crippen molar-refractivity contribution in [1.29, 1.82) is 0 Å². The molecule has 0 aliphatic carbocycles. The van der Waals surface area contributed by atoms with Crippen LogP contribution in [-0.4, -0.2) is 57.8 Å². The van der Waals surface area contributed by atoms with Crippen LogP contribution >= 0.6 is 0 Å². The molecule has 1 saturated heterocycles. The summed E-state index contributed by atoms with van der Waals surface area (Å²) in [6.07, 6.45) is 2.60. The molecule has 0 saturated carbocycles. The molecule has 2 heterocycles. The zero-order chi connectivity index (χ0) is 18.7. The first-order valence-electron chi connectivity index (χ1n) is 8.03. The van der Waals surface area contributed by atoms with E-state index in [2.05, 4.69) is 15.3 Å². The van der Waals surface area contributed by atoms with E-state index >= 15 is 0 Å². The van der Waals surface area contributed by atoms with Crippen LogP contribution in [0.25, 0.3) is 0 Å². The second-order valence-corrected chi connectivity index (χ2v) is 5.82. The number of piperazine rings is 1. The number of aromatic nitrogens is 2. The van der Waals surface area contributed by atoms with Gasteiger partial charge in [0.15, 0.2) is 0 Å². The van der Waals surface area contributed by atoms with Crippen molar-refractivity contribution in [1.82, 2.24) is 19.8 Å². The number of carbonyl (C=O) groups excluding carboxylic acids is 2. The maximum Gasteiger partial charge on any atom is 0.257 e. The number of para-hydroxylation sites is 1. The van der Waals surface area contributed by atoms with Gasteiger partial charge >= 0.3 is 0 Å². The van der Waals surface area contributed by atoms with Gasteiger partial charge in [0.25, 0.3) is 5.91 Å². The second-order valence-electron chi connectivity index (χ2n) is 5.82. The molecule has 1 aliphatic heterocycles. The van der Waals surface area contributed by atoms with Gasteiger partial charge in [-0.1, -0.05) is 6.07 Å². The minimum Gasteiger partial charge on any atom is -0.339 e. The minimum atomic E-state index is -0.767. The Bertz CT molecular complexity index is 800. The van der Waals surface area contributed by atoms with Crippen LogP contribution in [0.15, 0.2) is 30.6 Å². The molecule has 0 unspecified atom stereocenters. The summed E-state index contributed by atoms with van der Waals surface area (Å²) >= 11 is 0. The Morgan fingerprint density at radius 3 is 2.08 bits per heavy atom. The van der Waals surface area contributed by atoms with Gasteiger partial charge < -0.3 is 15.1 Å². The molecule has 0 atom stereocenters. The van der Waals surface area contributed by atoms with Gasteiger partial charge in [0.1, 0.15) is 17.3 Å². The van der Waals surface area contributed by atoms with Crippen LogP contribution < -0.4 is 5.32 Å². The Labute approximate surface area is 148 Å². The van der Waals surface area contributed by atoms with E-state index in [0.29, 0.717) is 26.2 Å². The molecule has 2 amide bonds. The maximum absolute atomic E-state index is 13.6. The number of hydrogen-bond donors (Lipinski definition) is 1. The third-order valence-electron chi connectivity index (χ3n) is 4.11. The molecule has 1 aromatic heterocycles. The van der Waals surface area contributed by atoms with Crippen LogP contribution in [0, 0.1) is 11.6 Å². The molecular weight excluding hydrogens is 344 g/mol. The van der Waals surface area contributed by atoms with Crippen molar-refractivity contribution in [3.8, 4) is 0 Å². The summed E-state index contributed by atoms with van der Waals surface area (Å²) in [5.41, 5.74) is -0.0900. The molecule has 1 N–H and O–H groups in total. The number of nitrogens with one attached hydrogen (secondary N) is 1. The van der Waals surface area contributed by atoms with Crippen molar-refractivity contribution in [2.24, 2.45) is 0 Å². The number of halogens is 2. The highest BCUT2D eigenvalue weighted by molar-refractivity contribution is 5.94. The standard InChI is InChI=1S/C17H17F2N5O2/c1-11(25)23-5-7-24(8-6-23)16(26)12-9-20-17(21-10-12)22-15-13(18)3-2-4-14(15)19/h2-4,9-10H,5-8H2,1H3,(H,20,21,22). The molecule has 0 radical (unpaired) electrons. The number of nitrogens with zero attached hydrogens (tertiary/aromatic N) is 4. The molecule has 136 valence electrons. The Hall–Kier alpha value is -3.10. The van der Waals surface area contributed by atoms with Gasteiger partial charge in [-0.05, 0) is 12.1 Å². The van der Waals surface area contributed by atoms with Crippen molar-refractivity contribution < 1.29 is 18.4 Å². The van der Waals surface area contributed by atoms with E-state index in [9.17, 15) is 18.4 Å². The van der Waals surface area contributed by atoms with Crippen molar-refractivity contribution in [2.45, 2.75) is 6.92 Å². The summed E-state index contributed by atoms with van der Waals surface area (Å²) in [6, 6.07) is 3.48. The Morgan fingerprint density at radius 1 is 1.00 bits per heavy atom. The van der Waals surface area contributed by atoms with E-state index in [0.717, 1.165) is 12.1 Å². The first kappa shape index (κ1) is 17.7. The minimum absolute atomic E-state index is 0.0174. The van der Waals surface area contributed by atoms with Crippen LogP contribution in [0.5, 0.6) is 0 Å². The Balaban J connectivity index is 1.66. The zero-order valence-electron chi connectivity index (χ0n) is 14.1. The molecule has 0 spiro atoms. The first-order chi connectivity index (χ1) is 12.5. The topological polar surface area (TPSA) is 78.4 Å². The highest BCUT2D eigenvalue weighted by Gasteiger charge is 2.23. The van der Waals surface area contributed by atoms with E-state index < -0.39 is 11.6 Å². The van der Waals surface area contributed by atoms with Gasteiger partial charge in [0.2, 0.25) is 11.9 Å². The number of hydrogen-bond acceptors (Lipinski definition) is 5. The summed E-state index contributed by atoms with van der Waals surface area (Å²) in [5, 5.41) is 2.46. The summed E-state index contributed by atoms with van der Waals surface area (Å²) in [7, 11) is 0. The summed E-state index contributed by atoms with van der Waals surface area (Å²) in [5.74, 6) is -1.82. The monoisotopic (exact) mass is 361 g/mol. The molecule has 1 aromatic carbocycles. The number of rotatable bonds is 3. The summed E-state index contributed by atoms with van der Waals surface area (Å²) in [4.78, 5) is 35.0. The average molecular weight is 361 g/mol. The lowest BCUT2D eigenvalue weighted by Crippen LogP contribution is -2.50. The second kappa shape index (κ2) is 7.42. The number of amides is 2.